The maximum absolute atomic E-state index is 13.3. The standard InChI is InChI=1S/C20H23FN2O2S/c1-26-19-5-3-2-4-17(19)20(24)22-14-18(23-10-12-25-13-11-23)15-6-8-16(21)9-7-15/h2-9,18H,10-14H2,1H3,(H,22,24). The van der Waals surface area contributed by atoms with Gasteiger partial charge in [-0.2, -0.15) is 0 Å². The van der Waals surface area contributed by atoms with Crippen molar-refractivity contribution in [2.75, 3.05) is 39.1 Å². The molecule has 0 aliphatic carbocycles. The average Bonchev–Trinajstić information content (AvgIpc) is 2.70. The quantitative estimate of drug-likeness (QED) is 0.788. The first kappa shape index (κ1) is 18.9. The van der Waals surface area contributed by atoms with E-state index in [1.807, 2.05) is 30.5 Å². The lowest BCUT2D eigenvalue weighted by molar-refractivity contribution is 0.0162. The Kier molecular flexibility index (Phi) is 6.66. The number of ether oxygens (including phenoxy) is 1. The van der Waals surface area contributed by atoms with Gasteiger partial charge < -0.3 is 10.1 Å². The summed E-state index contributed by atoms with van der Waals surface area (Å²) in [6.45, 7) is 3.38. The first-order valence-corrected chi connectivity index (χ1v) is 9.90. The molecule has 1 N–H and O–H groups in total. The molecule has 0 bridgehead atoms. The highest BCUT2D eigenvalue weighted by atomic mass is 32.2. The number of nitrogens with one attached hydrogen (secondary N) is 1. The van der Waals surface area contributed by atoms with Crippen molar-refractivity contribution in [3.05, 3.63) is 65.5 Å². The fourth-order valence-electron chi connectivity index (χ4n) is 3.15. The van der Waals surface area contributed by atoms with Crippen LogP contribution in [0.3, 0.4) is 0 Å². The lowest BCUT2D eigenvalue weighted by Gasteiger charge is -2.35. The van der Waals surface area contributed by atoms with Gasteiger partial charge in [-0.3, -0.25) is 9.69 Å². The second-order valence-electron chi connectivity index (χ2n) is 6.13. The summed E-state index contributed by atoms with van der Waals surface area (Å²) in [5.74, 6) is -0.345. The van der Waals surface area contributed by atoms with Crippen LogP contribution in [0.5, 0.6) is 0 Å². The average molecular weight is 374 g/mol. The topological polar surface area (TPSA) is 41.6 Å². The van der Waals surface area contributed by atoms with Crippen LogP contribution in [-0.2, 0) is 4.74 Å². The molecule has 1 atom stereocenters. The summed E-state index contributed by atoms with van der Waals surface area (Å²) in [5, 5.41) is 3.06. The van der Waals surface area contributed by atoms with Crippen LogP contribution < -0.4 is 5.32 Å². The molecular formula is C20H23FN2O2S. The number of thioether (sulfide) groups is 1. The van der Waals surface area contributed by atoms with E-state index in [0.717, 1.165) is 23.5 Å². The third-order valence-electron chi connectivity index (χ3n) is 4.55. The van der Waals surface area contributed by atoms with Crippen molar-refractivity contribution < 1.29 is 13.9 Å². The summed E-state index contributed by atoms with van der Waals surface area (Å²) in [4.78, 5) is 15.9. The minimum Gasteiger partial charge on any atom is -0.379 e. The molecule has 4 nitrogen and oxygen atoms in total. The minimum atomic E-state index is -0.257. The Morgan fingerprint density at radius 3 is 2.58 bits per heavy atom. The number of nitrogens with zero attached hydrogens (tertiary/aromatic N) is 1. The van der Waals surface area contributed by atoms with Gasteiger partial charge in [0.1, 0.15) is 5.82 Å². The fourth-order valence-corrected chi connectivity index (χ4v) is 3.74. The lowest BCUT2D eigenvalue weighted by Crippen LogP contribution is -2.43. The van der Waals surface area contributed by atoms with Crippen molar-refractivity contribution >= 4 is 17.7 Å². The smallest absolute Gasteiger partial charge is 0.252 e. The van der Waals surface area contributed by atoms with Crippen LogP contribution in [0, 0.1) is 5.82 Å². The molecule has 1 unspecified atom stereocenters. The van der Waals surface area contributed by atoms with Crippen LogP contribution in [-0.4, -0.2) is 49.9 Å². The van der Waals surface area contributed by atoms with Crippen LogP contribution in [0.25, 0.3) is 0 Å². The van der Waals surface area contributed by atoms with Crippen molar-refractivity contribution in [3.63, 3.8) is 0 Å². The molecule has 0 aromatic heterocycles. The van der Waals surface area contributed by atoms with E-state index in [-0.39, 0.29) is 17.8 Å². The van der Waals surface area contributed by atoms with Gasteiger partial charge in [0.05, 0.1) is 24.8 Å². The number of amides is 1. The summed E-state index contributed by atoms with van der Waals surface area (Å²) < 4.78 is 18.7. The van der Waals surface area contributed by atoms with E-state index in [9.17, 15) is 9.18 Å². The first-order valence-electron chi connectivity index (χ1n) is 8.67. The van der Waals surface area contributed by atoms with E-state index in [1.165, 1.54) is 12.1 Å². The molecule has 138 valence electrons. The second kappa shape index (κ2) is 9.16. The molecule has 6 heteroatoms. The Balaban J connectivity index is 1.75. The molecule has 0 saturated carbocycles. The highest BCUT2D eigenvalue weighted by Gasteiger charge is 2.23. The number of hydrogen-bond acceptors (Lipinski definition) is 4. The van der Waals surface area contributed by atoms with Gasteiger partial charge in [-0.15, -0.1) is 11.8 Å². The Morgan fingerprint density at radius 1 is 1.19 bits per heavy atom. The van der Waals surface area contributed by atoms with Crippen molar-refractivity contribution in [2.24, 2.45) is 0 Å². The molecule has 0 radical (unpaired) electrons. The van der Waals surface area contributed by atoms with Gasteiger partial charge in [0.15, 0.2) is 0 Å². The molecule has 1 aliphatic heterocycles. The van der Waals surface area contributed by atoms with Crippen LogP contribution in [0.15, 0.2) is 53.4 Å². The Morgan fingerprint density at radius 2 is 1.88 bits per heavy atom. The largest absolute Gasteiger partial charge is 0.379 e. The maximum Gasteiger partial charge on any atom is 0.252 e. The van der Waals surface area contributed by atoms with Crippen molar-refractivity contribution in [2.45, 2.75) is 10.9 Å². The molecule has 2 aromatic rings. The van der Waals surface area contributed by atoms with Crippen LogP contribution in [0.2, 0.25) is 0 Å². The zero-order valence-electron chi connectivity index (χ0n) is 14.8. The van der Waals surface area contributed by atoms with Crippen molar-refractivity contribution in [1.29, 1.82) is 0 Å². The van der Waals surface area contributed by atoms with E-state index in [0.29, 0.717) is 25.3 Å². The summed E-state index contributed by atoms with van der Waals surface area (Å²) in [5.41, 5.74) is 1.67. The predicted molar refractivity (Wildman–Crippen MR) is 102 cm³/mol. The highest BCUT2D eigenvalue weighted by molar-refractivity contribution is 7.98. The second-order valence-corrected chi connectivity index (χ2v) is 6.97. The van der Waals surface area contributed by atoms with Gasteiger partial charge in [0.2, 0.25) is 0 Å². The summed E-state index contributed by atoms with van der Waals surface area (Å²) in [7, 11) is 0. The van der Waals surface area contributed by atoms with E-state index in [4.69, 9.17) is 4.74 Å². The Labute approximate surface area is 157 Å². The van der Waals surface area contributed by atoms with Crippen molar-refractivity contribution in [3.8, 4) is 0 Å². The molecule has 1 amide bonds. The predicted octanol–water partition coefficient (Wildman–Crippen LogP) is 3.35. The normalized spacial score (nSPS) is 16.2. The fraction of sp³-hybridized carbons (Fsp3) is 0.350. The SMILES string of the molecule is CSc1ccccc1C(=O)NCC(c1ccc(F)cc1)N1CCOCC1. The molecule has 1 heterocycles. The number of hydrogen-bond donors (Lipinski definition) is 1. The molecule has 0 spiro atoms. The minimum absolute atomic E-state index is 0.00936. The summed E-state index contributed by atoms with van der Waals surface area (Å²) in [6, 6.07) is 14.1. The number of carbonyl (C=O) groups excluding carboxylic acids is 1. The molecular weight excluding hydrogens is 351 g/mol. The van der Waals surface area contributed by atoms with E-state index in [1.54, 1.807) is 23.9 Å². The van der Waals surface area contributed by atoms with E-state index >= 15 is 0 Å². The zero-order valence-corrected chi connectivity index (χ0v) is 15.6. The number of carbonyl (C=O) groups is 1. The van der Waals surface area contributed by atoms with Crippen LogP contribution in [0.1, 0.15) is 22.0 Å². The van der Waals surface area contributed by atoms with Gasteiger partial charge in [-0.1, -0.05) is 24.3 Å². The molecule has 2 aromatic carbocycles. The molecule has 3 rings (SSSR count). The van der Waals surface area contributed by atoms with Gasteiger partial charge in [0, 0.05) is 24.5 Å². The van der Waals surface area contributed by atoms with Crippen molar-refractivity contribution in [1.82, 2.24) is 10.2 Å². The Hall–Kier alpha value is -1.89. The van der Waals surface area contributed by atoms with Gasteiger partial charge in [-0.25, -0.2) is 4.39 Å². The van der Waals surface area contributed by atoms with E-state index < -0.39 is 0 Å². The maximum atomic E-state index is 13.3. The Bertz CT molecular complexity index is 733. The third-order valence-corrected chi connectivity index (χ3v) is 5.34. The number of morpholine rings is 1. The van der Waals surface area contributed by atoms with Crippen LogP contribution in [0.4, 0.5) is 4.39 Å². The van der Waals surface area contributed by atoms with Gasteiger partial charge >= 0.3 is 0 Å². The zero-order chi connectivity index (χ0) is 18.4. The monoisotopic (exact) mass is 374 g/mol. The lowest BCUT2D eigenvalue weighted by atomic mass is 10.0. The molecule has 1 saturated heterocycles. The first-order chi connectivity index (χ1) is 12.7. The van der Waals surface area contributed by atoms with Gasteiger partial charge in [-0.05, 0) is 36.1 Å². The van der Waals surface area contributed by atoms with Crippen LogP contribution >= 0.6 is 11.8 Å². The van der Waals surface area contributed by atoms with Gasteiger partial charge in [0.25, 0.3) is 5.91 Å². The summed E-state index contributed by atoms with van der Waals surface area (Å²) in [6.07, 6.45) is 1.96. The number of rotatable bonds is 6. The molecule has 1 fully saturated rings. The third kappa shape index (κ3) is 4.63. The highest BCUT2D eigenvalue weighted by Crippen LogP contribution is 2.23. The molecule has 1 aliphatic rings. The number of benzene rings is 2. The number of halogens is 1. The molecule has 26 heavy (non-hydrogen) atoms. The van der Waals surface area contributed by atoms with E-state index in [2.05, 4.69) is 10.2 Å². The summed E-state index contributed by atoms with van der Waals surface area (Å²) >= 11 is 1.55.